The Morgan fingerprint density at radius 3 is 2.53 bits per heavy atom. The van der Waals surface area contributed by atoms with Crippen LogP contribution in [0, 0.1) is 5.92 Å². The largest absolute Gasteiger partial charge is 0.495 e. The van der Waals surface area contributed by atoms with Gasteiger partial charge in [0.2, 0.25) is 5.91 Å². The molecule has 0 saturated carbocycles. The van der Waals surface area contributed by atoms with Gasteiger partial charge in [-0.05, 0) is 30.9 Å². The fourth-order valence-electron chi connectivity index (χ4n) is 1.93. The summed E-state index contributed by atoms with van der Waals surface area (Å²) < 4.78 is 5.19. The number of anilines is 2. The van der Waals surface area contributed by atoms with Crippen LogP contribution < -0.4 is 15.4 Å². The third-order valence-electron chi connectivity index (χ3n) is 2.97. The van der Waals surface area contributed by atoms with Crippen LogP contribution in [-0.2, 0) is 4.79 Å². The molecule has 0 aliphatic carbocycles. The summed E-state index contributed by atoms with van der Waals surface area (Å²) in [4.78, 5) is 13.5. The highest BCUT2D eigenvalue weighted by atomic mass is 16.5. The molecule has 0 fully saturated rings. The van der Waals surface area contributed by atoms with Crippen LogP contribution in [0.5, 0.6) is 5.75 Å². The average molecular weight is 263 g/mol. The molecule has 1 aromatic carbocycles. The summed E-state index contributed by atoms with van der Waals surface area (Å²) in [5, 5.41) is 0. The van der Waals surface area contributed by atoms with Gasteiger partial charge in [0.05, 0.1) is 12.8 Å². The van der Waals surface area contributed by atoms with Gasteiger partial charge in [0.1, 0.15) is 5.75 Å². The number of ether oxygens (including phenoxy) is 1. The lowest BCUT2D eigenvalue weighted by Crippen LogP contribution is -2.29. The Hall–Kier alpha value is -1.71. The maximum Gasteiger partial charge on any atom is 0.223 e. The third-order valence-corrected chi connectivity index (χ3v) is 2.97. The fourth-order valence-corrected chi connectivity index (χ4v) is 1.93. The molecule has 1 amide bonds. The minimum absolute atomic E-state index is 0.0283. The maximum atomic E-state index is 11.8. The number of carbonyl (C=O) groups excluding carboxylic acids is 1. The molecule has 0 heterocycles. The zero-order valence-corrected chi connectivity index (χ0v) is 12.2. The van der Waals surface area contributed by atoms with Gasteiger partial charge in [-0.2, -0.15) is 0 Å². The summed E-state index contributed by atoms with van der Waals surface area (Å²) in [6, 6.07) is 5.42. The van der Waals surface area contributed by atoms with Crippen molar-refractivity contribution in [3.05, 3.63) is 24.1 Å². The first-order valence-corrected chi connectivity index (χ1v) is 6.46. The van der Waals surface area contributed by atoms with Gasteiger partial charge in [-0.1, -0.05) is 13.8 Å². The molecule has 105 valence electrons. The number of hydrogen-bond donors (Lipinski definition) is 1. The highest BCUT2D eigenvalue weighted by molar-refractivity contribution is 5.92. The van der Waals surface area contributed by atoms with Crippen molar-refractivity contribution in [3.63, 3.8) is 0 Å². The van der Waals surface area contributed by atoms with E-state index in [1.807, 2.05) is 6.07 Å². The molecule has 0 bridgehead atoms. The summed E-state index contributed by atoms with van der Waals surface area (Å²) in [5.41, 5.74) is 7.19. The summed E-state index contributed by atoms with van der Waals surface area (Å²) >= 11 is 0. The Balaban J connectivity index is 2.84. The molecule has 2 N–H and O–H groups in total. The Bertz CT molecular complexity index is 430. The molecule has 0 atom stereocenters. The molecule has 1 aromatic rings. The Kier molecular flexibility index (Phi) is 5.67. The molecule has 0 saturated heterocycles. The second-order valence-electron chi connectivity index (χ2n) is 4.91. The van der Waals surface area contributed by atoms with E-state index in [0.29, 0.717) is 18.0 Å². The van der Waals surface area contributed by atoms with Crippen LogP contribution >= 0.6 is 0 Å². The van der Waals surface area contributed by atoms with Gasteiger partial charge in [0.15, 0.2) is 0 Å². The number of amides is 1. The summed E-state index contributed by atoms with van der Waals surface area (Å²) in [6.45, 7) is 6.48. The zero-order valence-electron chi connectivity index (χ0n) is 12.2. The molecule has 19 heavy (non-hydrogen) atoms. The van der Waals surface area contributed by atoms with Crippen molar-refractivity contribution in [2.24, 2.45) is 0 Å². The highest BCUT2D eigenvalue weighted by Gasteiger charge is 2.13. The monoisotopic (exact) mass is 263 g/mol. The molecule has 4 heteroatoms. The normalized spacial score (nSPS) is 10.6. The van der Waals surface area contributed by atoms with Crippen LogP contribution in [-0.4, -0.2) is 19.6 Å². The number of rotatable bonds is 6. The van der Waals surface area contributed by atoms with E-state index in [2.05, 4.69) is 13.8 Å². The second-order valence-corrected chi connectivity index (χ2v) is 4.91. The third kappa shape index (κ3) is 4.47. The van der Waals surface area contributed by atoms with Crippen LogP contribution in [0.1, 0.15) is 33.6 Å². The van der Waals surface area contributed by atoms with Gasteiger partial charge in [-0.15, -0.1) is 0 Å². The minimum Gasteiger partial charge on any atom is -0.495 e. The molecule has 1 rings (SSSR count). The first-order valence-electron chi connectivity index (χ1n) is 6.46. The van der Waals surface area contributed by atoms with Crippen molar-refractivity contribution in [2.45, 2.75) is 33.6 Å². The van der Waals surface area contributed by atoms with Gasteiger partial charge in [-0.25, -0.2) is 0 Å². The lowest BCUT2D eigenvalue weighted by molar-refractivity contribution is -0.116. The molecular formula is C15H23N2O2. The molecule has 0 aliphatic rings. The van der Waals surface area contributed by atoms with Crippen LogP contribution in [0.4, 0.5) is 11.4 Å². The van der Waals surface area contributed by atoms with Crippen LogP contribution in [0.2, 0.25) is 0 Å². The van der Waals surface area contributed by atoms with Gasteiger partial charge in [0.25, 0.3) is 0 Å². The summed E-state index contributed by atoms with van der Waals surface area (Å²) in [6.07, 6.45) is 1.98. The first kappa shape index (κ1) is 15.3. The number of hydrogen-bond acceptors (Lipinski definition) is 3. The van der Waals surface area contributed by atoms with Crippen molar-refractivity contribution in [1.29, 1.82) is 0 Å². The Morgan fingerprint density at radius 1 is 1.32 bits per heavy atom. The number of nitrogen functional groups attached to an aromatic ring is 1. The van der Waals surface area contributed by atoms with Crippen molar-refractivity contribution >= 4 is 17.3 Å². The standard InChI is InChI=1S/C15H23N2O2/c1-11(2)6-5-9-17(12(3)18)13-7-8-14(16)15(10-13)19-4/h7-8,10H,5-6,9,16H2,1-4H3. The van der Waals surface area contributed by atoms with E-state index < -0.39 is 0 Å². The predicted molar refractivity (Wildman–Crippen MR) is 79.3 cm³/mol. The van der Waals surface area contributed by atoms with E-state index >= 15 is 0 Å². The minimum atomic E-state index is 0.0283. The van der Waals surface area contributed by atoms with Crippen molar-refractivity contribution in [3.8, 4) is 5.75 Å². The molecule has 0 aliphatic heterocycles. The molecule has 0 unspecified atom stereocenters. The molecular weight excluding hydrogens is 240 g/mol. The van der Waals surface area contributed by atoms with E-state index in [1.54, 1.807) is 31.1 Å². The SMILES string of the molecule is COc1cc(N(CCC[C](C)C)C(C)=O)ccc1N. The topological polar surface area (TPSA) is 55.6 Å². The highest BCUT2D eigenvalue weighted by Crippen LogP contribution is 2.27. The first-order chi connectivity index (χ1) is 8.95. The zero-order chi connectivity index (χ0) is 14.4. The van der Waals surface area contributed by atoms with Crippen molar-refractivity contribution in [1.82, 2.24) is 0 Å². The van der Waals surface area contributed by atoms with E-state index in [0.717, 1.165) is 18.5 Å². The molecule has 4 nitrogen and oxygen atoms in total. The number of carbonyl (C=O) groups is 1. The predicted octanol–water partition coefficient (Wildman–Crippen LogP) is 3.02. The second kappa shape index (κ2) is 7.02. The van der Waals surface area contributed by atoms with Crippen LogP contribution in [0.25, 0.3) is 0 Å². The average Bonchev–Trinajstić information content (AvgIpc) is 2.35. The quantitative estimate of drug-likeness (QED) is 0.803. The van der Waals surface area contributed by atoms with Crippen LogP contribution in [0.15, 0.2) is 18.2 Å². The summed E-state index contributed by atoms with van der Waals surface area (Å²) in [7, 11) is 1.57. The van der Waals surface area contributed by atoms with E-state index in [-0.39, 0.29) is 5.91 Å². The van der Waals surface area contributed by atoms with Crippen molar-refractivity contribution < 1.29 is 9.53 Å². The molecule has 0 spiro atoms. The summed E-state index contributed by atoms with van der Waals surface area (Å²) in [5.74, 6) is 2.00. The fraction of sp³-hybridized carbons (Fsp3) is 0.467. The lowest BCUT2D eigenvalue weighted by Gasteiger charge is -2.22. The van der Waals surface area contributed by atoms with Crippen LogP contribution in [0.3, 0.4) is 0 Å². The lowest BCUT2D eigenvalue weighted by atomic mass is 10.1. The Morgan fingerprint density at radius 2 is 2.00 bits per heavy atom. The van der Waals surface area contributed by atoms with Gasteiger partial charge < -0.3 is 15.4 Å². The number of nitrogens with two attached hydrogens (primary N) is 1. The number of benzene rings is 1. The van der Waals surface area contributed by atoms with Crippen molar-refractivity contribution in [2.75, 3.05) is 24.3 Å². The molecule has 1 radical (unpaired) electrons. The smallest absolute Gasteiger partial charge is 0.223 e. The maximum absolute atomic E-state index is 11.8. The van der Waals surface area contributed by atoms with Gasteiger partial charge >= 0.3 is 0 Å². The Labute approximate surface area is 115 Å². The van der Waals surface area contributed by atoms with E-state index in [4.69, 9.17) is 10.5 Å². The number of methoxy groups -OCH3 is 1. The van der Waals surface area contributed by atoms with E-state index in [1.165, 1.54) is 5.92 Å². The van der Waals surface area contributed by atoms with E-state index in [9.17, 15) is 4.79 Å². The molecule has 0 aromatic heterocycles. The van der Waals surface area contributed by atoms with Gasteiger partial charge in [-0.3, -0.25) is 4.79 Å². The van der Waals surface area contributed by atoms with Gasteiger partial charge in [0, 0.05) is 25.2 Å². The number of nitrogens with zero attached hydrogens (tertiary/aromatic N) is 1.